The number of carbonyl (C=O) groups is 1. The van der Waals surface area contributed by atoms with E-state index in [4.69, 9.17) is 4.74 Å². The molecule has 1 saturated heterocycles. The average Bonchev–Trinajstić information content (AvgIpc) is 3.01. The van der Waals surface area contributed by atoms with Crippen LogP contribution in [0.1, 0.15) is 28.5 Å². The molecule has 0 saturated carbocycles. The van der Waals surface area contributed by atoms with Crippen molar-refractivity contribution in [3.05, 3.63) is 47.3 Å². The van der Waals surface area contributed by atoms with Gasteiger partial charge in [0, 0.05) is 51.0 Å². The van der Waals surface area contributed by atoms with Crippen LogP contribution in [-0.2, 0) is 13.1 Å². The van der Waals surface area contributed by atoms with Crippen LogP contribution in [0.4, 0.5) is 0 Å². The highest BCUT2D eigenvalue weighted by Gasteiger charge is 2.24. The molecule has 25 heavy (non-hydrogen) atoms. The fourth-order valence-electron chi connectivity index (χ4n) is 3.22. The maximum absolute atomic E-state index is 12.8. The molecule has 1 aliphatic heterocycles. The lowest BCUT2D eigenvalue weighted by atomic mass is 10.1. The monoisotopic (exact) mass is 342 g/mol. The first-order valence-electron chi connectivity index (χ1n) is 8.80. The summed E-state index contributed by atoms with van der Waals surface area (Å²) in [5.74, 6) is 0.685. The summed E-state index contributed by atoms with van der Waals surface area (Å²) in [4.78, 5) is 17.1. The van der Waals surface area contributed by atoms with Gasteiger partial charge in [-0.25, -0.2) is 0 Å². The average molecular weight is 342 g/mol. The number of rotatable bonds is 5. The molecular formula is C19H26N4O2. The van der Waals surface area contributed by atoms with Crippen molar-refractivity contribution < 1.29 is 9.53 Å². The molecule has 1 aromatic carbocycles. The molecule has 6 heteroatoms. The van der Waals surface area contributed by atoms with Crippen LogP contribution in [0.5, 0.6) is 5.75 Å². The molecule has 0 spiro atoms. The van der Waals surface area contributed by atoms with Gasteiger partial charge in [-0.2, -0.15) is 5.10 Å². The van der Waals surface area contributed by atoms with Gasteiger partial charge >= 0.3 is 0 Å². The second-order valence-electron chi connectivity index (χ2n) is 6.36. The van der Waals surface area contributed by atoms with Crippen LogP contribution in [-0.4, -0.2) is 58.8 Å². The summed E-state index contributed by atoms with van der Waals surface area (Å²) in [6, 6.07) is 7.42. The molecule has 0 atom stereocenters. The third kappa shape index (κ3) is 3.85. The lowest BCUT2D eigenvalue weighted by molar-refractivity contribution is 0.0625. The molecule has 1 amide bonds. The molecule has 134 valence electrons. The van der Waals surface area contributed by atoms with Crippen molar-refractivity contribution in [1.29, 1.82) is 0 Å². The number of amides is 1. The van der Waals surface area contributed by atoms with E-state index in [0.717, 1.165) is 45.0 Å². The lowest BCUT2D eigenvalue weighted by Gasteiger charge is -2.34. The van der Waals surface area contributed by atoms with E-state index < -0.39 is 0 Å². The van der Waals surface area contributed by atoms with E-state index >= 15 is 0 Å². The minimum absolute atomic E-state index is 0.0482. The molecule has 1 aromatic heterocycles. The first-order chi connectivity index (χ1) is 12.1. The molecular weight excluding hydrogens is 316 g/mol. The van der Waals surface area contributed by atoms with Crippen LogP contribution >= 0.6 is 0 Å². The molecule has 0 radical (unpaired) electrons. The number of carbonyl (C=O) groups excluding carboxylic acids is 1. The minimum Gasteiger partial charge on any atom is -0.496 e. The summed E-state index contributed by atoms with van der Waals surface area (Å²) < 4.78 is 7.29. The van der Waals surface area contributed by atoms with Gasteiger partial charge in [0.05, 0.1) is 18.4 Å². The van der Waals surface area contributed by atoms with E-state index in [2.05, 4.69) is 30.0 Å². The van der Waals surface area contributed by atoms with Gasteiger partial charge in [0.25, 0.3) is 5.91 Å². The quantitative estimate of drug-likeness (QED) is 0.836. The van der Waals surface area contributed by atoms with Crippen molar-refractivity contribution in [2.45, 2.75) is 26.9 Å². The Morgan fingerprint density at radius 1 is 1.20 bits per heavy atom. The van der Waals surface area contributed by atoms with Crippen LogP contribution in [0.2, 0.25) is 0 Å². The Labute approximate surface area is 149 Å². The van der Waals surface area contributed by atoms with Crippen LogP contribution in [0, 0.1) is 6.92 Å². The molecule has 0 N–H and O–H groups in total. The summed E-state index contributed by atoms with van der Waals surface area (Å²) in [5, 5.41) is 4.51. The van der Waals surface area contributed by atoms with E-state index in [-0.39, 0.29) is 5.91 Å². The zero-order valence-corrected chi connectivity index (χ0v) is 15.2. The number of hydrogen-bond donors (Lipinski definition) is 0. The van der Waals surface area contributed by atoms with Gasteiger partial charge in [0.2, 0.25) is 0 Å². The SMILES string of the molecule is CCn1cc(CN2CCN(C(=O)c3ccccc3OC)CC2)c(C)n1. The van der Waals surface area contributed by atoms with Crippen molar-refractivity contribution in [1.82, 2.24) is 19.6 Å². The van der Waals surface area contributed by atoms with Crippen molar-refractivity contribution in [2.75, 3.05) is 33.3 Å². The first kappa shape index (κ1) is 17.5. The van der Waals surface area contributed by atoms with Gasteiger partial charge in [-0.05, 0) is 26.0 Å². The predicted molar refractivity (Wildman–Crippen MR) is 96.8 cm³/mol. The third-order valence-electron chi connectivity index (χ3n) is 4.76. The fourth-order valence-corrected chi connectivity index (χ4v) is 3.22. The molecule has 6 nitrogen and oxygen atoms in total. The number of aromatic nitrogens is 2. The summed E-state index contributed by atoms with van der Waals surface area (Å²) >= 11 is 0. The fraction of sp³-hybridized carbons (Fsp3) is 0.474. The molecule has 2 heterocycles. The van der Waals surface area contributed by atoms with Crippen molar-refractivity contribution in [3.63, 3.8) is 0 Å². The Kier molecular flexibility index (Phi) is 5.38. The van der Waals surface area contributed by atoms with Crippen LogP contribution in [0.25, 0.3) is 0 Å². The largest absolute Gasteiger partial charge is 0.496 e. The summed E-state index contributed by atoms with van der Waals surface area (Å²) in [7, 11) is 1.60. The maximum Gasteiger partial charge on any atom is 0.257 e. The summed E-state index contributed by atoms with van der Waals surface area (Å²) in [6.07, 6.45) is 2.13. The van der Waals surface area contributed by atoms with Gasteiger partial charge in [0.15, 0.2) is 0 Å². The number of para-hydroxylation sites is 1. The molecule has 0 aliphatic carbocycles. The van der Waals surface area contributed by atoms with E-state index in [1.807, 2.05) is 33.8 Å². The number of piperazine rings is 1. The normalized spacial score (nSPS) is 15.4. The maximum atomic E-state index is 12.8. The molecule has 0 unspecified atom stereocenters. The number of methoxy groups -OCH3 is 1. The van der Waals surface area contributed by atoms with Gasteiger partial charge in [0.1, 0.15) is 5.75 Å². The van der Waals surface area contributed by atoms with Gasteiger partial charge in [-0.1, -0.05) is 12.1 Å². The Bertz CT molecular complexity index is 733. The van der Waals surface area contributed by atoms with Crippen LogP contribution in [0.3, 0.4) is 0 Å². The predicted octanol–water partition coefficient (Wildman–Crippen LogP) is 2.18. The van der Waals surface area contributed by atoms with Gasteiger partial charge in [-0.3, -0.25) is 14.4 Å². The summed E-state index contributed by atoms with van der Waals surface area (Å²) in [6.45, 7) is 9.15. The third-order valence-corrected chi connectivity index (χ3v) is 4.76. The second kappa shape index (κ2) is 7.70. The zero-order chi connectivity index (χ0) is 17.8. The van der Waals surface area contributed by atoms with Crippen LogP contribution < -0.4 is 4.74 Å². The van der Waals surface area contributed by atoms with Crippen molar-refractivity contribution in [2.24, 2.45) is 0 Å². The second-order valence-corrected chi connectivity index (χ2v) is 6.36. The van der Waals surface area contributed by atoms with Crippen molar-refractivity contribution >= 4 is 5.91 Å². The minimum atomic E-state index is 0.0482. The summed E-state index contributed by atoms with van der Waals surface area (Å²) in [5.41, 5.74) is 3.00. The number of nitrogens with zero attached hydrogens (tertiary/aromatic N) is 4. The van der Waals surface area contributed by atoms with Crippen molar-refractivity contribution in [3.8, 4) is 5.75 Å². The first-order valence-corrected chi connectivity index (χ1v) is 8.80. The molecule has 2 aromatic rings. The van der Waals surface area contributed by atoms with Gasteiger partial charge < -0.3 is 9.64 Å². The van der Waals surface area contributed by atoms with Crippen LogP contribution in [0.15, 0.2) is 30.5 Å². The highest BCUT2D eigenvalue weighted by molar-refractivity contribution is 5.97. The smallest absolute Gasteiger partial charge is 0.257 e. The number of aryl methyl sites for hydroxylation is 2. The number of benzene rings is 1. The Hall–Kier alpha value is -2.34. The zero-order valence-electron chi connectivity index (χ0n) is 15.2. The number of ether oxygens (including phenoxy) is 1. The Morgan fingerprint density at radius 2 is 1.92 bits per heavy atom. The Morgan fingerprint density at radius 3 is 2.56 bits per heavy atom. The number of hydrogen-bond acceptors (Lipinski definition) is 4. The molecule has 0 bridgehead atoms. The standard InChI is InChI=1S/C19H26N4O2/c1-4-23-14-16(15(2)20-23)13-21-9-11-22(12-10-21)19(24)17-7-5-6-8-18(17)25-3/h5-8,14H,4,9-13H2,1-3H3. The molecule has 1 aliphatic rings. The lowest BCUT2D eigenvalue weighted by Crippen LogP contribution is -2.48. The topological polar surface area (TPSA) is 50.6 Å². The molecule has 3 rings (SSSR count). The van der Waals surface area contributed by atoms with Gasteiger partial charge in [-0.15, -0.1) is 0 Å². The highest BCUT2D eigenvalue weighted by atomic mass is 16.5. The molecule has 1 fully saturated rings. The Balaban J connectivity index is 1.59. The van der Waals surface area contributed by atoms with E-state index in [1.165, 1.54) is 5.56 Å². The van der Waals surface area contributed by atoms with E-state index in [1.54, 1.807) is 7.11 Å². The highest BCUT2D eigenvalue weighted by Crippen LogP contribution is 2.20. The van der Waals surface area contributed by atoms with E-state index in [9.17, 15) is 4.79 Å². The van der Waals surface area contributed by atoms with E-state index in [0.29, 0.717) is 11.3 Å².